The van der Waals surface area contributed by atoms with Gasteiger partial charge in [0.05, 0.1) is 16.8 Å². The van der Waals surface area contributed by atoms with Gasteiger partial charge in [0, 0.05) is 18.8 Å². The normalized spacial score (nSPS) is 23.5. The van der Waals surface area contributed by atoms with E-state index in [1.54, 1.807) is 26.2 Å². The third kappa shape index (κ3) is 3.73. The molecule has 0 spiro atoms. The molecule has 5 heteroatoms. The first-order valence-electron chi connectivity index (χ1n) is 7.17. The highest BCUT2D eigenvalue weighted by atomic mass is 32.2. The number of nitrogens with one attached hydrogen (secondary N) is 1. The molecule has 1 aromatic carbocycles. The van der Waals surface area contributed by atoms with Crippen LogP contribution in [-0.4, -0.2) is 33.4 Å². The molecule has 1 aliphatic rings. The SMILES string of the molecule is CCS(=O)(=O)c1ccc(NC2CCC(OC)CC2)cc1. The van der Waals surface area contributed by atoms with Crippen molar-refractivity contribution in [3.05, 3.63) is 24.3 Å². The standard InChI is InChI=1S/C15H23NO3S/c1-3-20(17,18)15-10-6-13(7-11-15)16-12-4-8-14(19-2)9-5-12/h6-7,10-12,14,16H,3-5,8-9H2,1-2H3. The van der Waals surface area contributed by atoms with Gasteiger partial charge in [-0.25, -0.2) is 8.42 Å². The molecule has 0 aromatic heterocycles. The highest BCUT2D eigenvalue weighted by Crippen LogP contribution is 2.24. The Labute approximate surface area is 121 Å². The Bertz CT molecular complexity index is 517. The van der Waals surface area contributed by atoms with Gasteiger partial charge < -0.3 is 10.1 Å². The van der Waals surface area contributed by atoms with E-state index in [-0.39, 0.29) is 5.75 Å². The van der Waals surface area contributed by atoms with Gasteiger partial charge in [-0.3, -0.25) is 0 Å². The van der Waals surface area contributed by atoms with Crippen LogP contribution < -0.4 is 5.32 Å². The van der Waals surface area contributed by atoms with Crippen molar-refractivity contribution in [1.29, 1.82) is 0 Å². The van der Waals surface area contributed by atoms with E-state index in [0.717, 1.165) is 31.4 Å². The predicted octanol–water partition coefficient (Wildman–Crippen LogP) is 2.85. The molecule has 1 N–H and O–H groups in total. The Morgan fingerprint density at radius 3 is 2.25 bits per heavy atom. The smallest absolute Gasteiger partial charge is 0.178 e. The van der Waals surface area contributed by atoms with Gasteiger partial charge in [0.25, 0.3) is 0 Å². The Kier molecular flexibility index (Phi) is 5.05. The third-order valence-electron chi connectivity index (χ3n) is 3.97. The molecule has 0 saturated heterocycles. The lowest BCUT2D eigenvalue weighted by atomic mass is 9.93. The molecule has 0 aliphatic heterocycles. The molecule has 0 amide bonds. The molecule has 1 aliphatic carbocycles. The van der Waals surface area contributed by atoms with Gasteiger partial charge in [-0.2, -0.15) is 0 Å². The molecule has 0 radical (unpaired) electrons. The van der Waals surface area contributed by atoms with Crippen LogP contribution in [0.1, 0.15) is 32.6 Å². The molecule has 0 bridgehead atoms. The fourth-order valence-corrected chi connectivity index (χ4v) is 3.49. The number of benzene rings is 1. The van der Waals surface area contributed by atoms with Gasteiger partial charge in [-0.05, 0) is 49.9 Å². The fraction of sp³-hybridized carbons (Fsp3) is 0.600. The molecule has 0 unspecified atom stereocenters. The van der Waals surface area contributed by atoms with Gasteiger partial charge >= 0.3 is 0 Å². The maximum Gasteiger partial charge on any atom is 0.178 e. The minimum absolute atomic E-state index is 0.140. The van der Waals surface area contributed by atoms with E-state index in [9.17, 15) is 8.42 Å². The minimum Gasteiger partial charge on any atom is -0.382 e. The number of sulfone groups is 1. The summed E-state index contributed by atoms with van der Waals surface area (Å²) in [5, 5.41) is 3.47. The fourth-order valence-electron chi connectivity index (χ4n) is 2.60. The van der Waals surface area contributed by atoms with E-state index < -0.39 is 9.84 Å². The van der Waals surface area contributed by atoms with Crippen LogP contribution in [0.25, 0.3) is 0 Å². The summed E-state index contributed by atoms with van der Waals surface area (Å²) in [4.78, 5) is 0.397. The van der Waals surface area contributed by atoms with E-state index in [2.05, 4.69) is 5.32 Å². The van der Waals surface area contributed by atoms with Gasteiger partial charge in [0.15, 0.2) is 9.84 Å². The molecule has 0 atom stereocenters. The zero-order valence-electron chi connectivity index (χ0n) is 12.1. The number of hydrogen-bond acceptors (Lipinski definition) is 4. The monoisotopic (exact) mass is 297 g/mol. The average molecular weight is 297 g/mol. The number of rotatable bonds is 5. The van der Waals surface area contributed by atoms with Gasteiger partial charge in [-0.15, -0.1) is 0 Å². The van der Waals surface area contributed by atoms with Gasteiger partial charge in [0.1, 0.15) is 0 Å². The molecular formula is C15H23NO3S. The van der Waals surface area contributed by atoms with E-state index >= 15 is 0 Å². The summed E-state index contributed by atoms with van der Waals surface area (Å²) in [7, 11) is -1.33. The van der Waals surface area contributed by atoms with Crippen LogP contribution in [0.2, 0.25) is 0 Å². The first kappa shape index (κ1) is 15.3. The molecule has 4 nitrogen and oxygen atoms in total. The lowest BCUT2D eigenvalue weighted by Crippen LogP contribution is -2.29. The predicted molar refractivity (Wildman–Crippen MR) is 80.8 cm³/mol. The zero-order valence-corrected chi connectivity index (χ0v) is 12.9. The first-order valence-corrected chi connectivity index (χ1v) is 8.82. The van der Waals surface area contributed by atoms with E-state index in [1.807, 2.05) is 12.1 Å². The van der Waals surface area contributed by atoms with Crippen molar-refractivity contribution in [3.8, 4) is 0 Å². The van der Waals surface area contributed by atoms with Crippen molar-refractivity contribution in [2.24, 2.45) is 0 Å². The van der Waals surface area contributed by atoms with Crippen LogP contribution in [0.5, 0.6) is 0 Å². The van der Waals surface area contributed by atoms with Crippen molar-refractivity contribution < 1.29 is 13.2 Å². The number of hydrogen-bond donors (Lipinski definition) is 1. The van der Waals surface area contributed by atoms with E-state index in [0.29, 0.717) is 17.0 Å². The van der Waals surface area contributed by atoms with Crippen molar-refractivity contribution in [3.63, 3.8) is 0 Å². The molecule has 20 heavy (non-hydrogen) atoms. The van der Waals surface area contributed by atoms with Crippen molar-refractivity contribution >= 4 is 15.5 Å². The van der Waals surface area contributed by atoms with Crippen LogP contribution in [-0.2, 0) is 14.6 Å². The van der Waals surface area contributed by atoms with Crippen molar-refractivity contribution in [2.75, 3.05) is 18.2 Å². The van der Waals surface area contributed by atoms with Crippen LogP contribution >= 0.6 is 0 Å². The maximum absolute atomic E-state index is 11.7. The number of methoxy groups -OCH3 is 1. The molecule has 2 rings (SSSR count). The van der Waals surface area contributed by atoms with Crippen molar-refractivity contribution in [2.45, 2.75) is 49.6 Å². The third-order valence-corrected chi connectivity index (χ3v) is 5.72. The van der Waals surface area contributed by atoms with E-state index in [1.165, 1.54) is 0 Å². The van der Waals surface area contributed by atoms with Crippen LogP contribution in [0, 0.1) is 0 Å². The van der Waals surface area contributed by atoms with Gasteiger partial charge in [-0.1, -0.05) is 6.92 Å². The summed E-state index contributed by atoms with van der Waals surface area (Å²) >= 11 is 0. The lowest BCUT2D eigenvalue weighted by Gasteiger charge is -2.28. The zero-order chi connectivity index (χ0) is 14.6. The Morgan fingerprint density at radius 2 is 1.75 bits per heavy atom. The summed E-state index contributed by atoms with van der Waals surface area (Å²) in [6.45, 7) is 1.66. The Hall–Kier alpha value is -1.07. The molecule has 112 valence electrons. The first-order chi connectivity index (χ1) is 9.55. The molecule has 1 saturated carbocycles. The van der Waals surface area contributed by atoms with Crippen LogP contribution in [0.15, 0.2) is 29.2 Å². The topological polar surface area (TPSA) is 55.4 Å². The second kappa shape index (κ2) is 6.59. The van der Waals surface area contributed by atoms with Crippen LogP contribution in [0.4, 0.5) is 5.69 Å². The van der Waals surface area contributed by atoms with Gasteiger partial charge in [0.2, 0.25) is 0 Å². The van der Waals surface area contributed by atoms with E-state index in [4.69, 9.17) is 4.74 Å². The molecule has 0 heterocycles. The van der Waals surface area contributed by atoms with Crippen molar-refractivity contribution in [1.82, 2.24) is 0 Å². The molecule has 1 aromatic rings. The number of anilines is 1. The summed E-state index contributed by atoms with van der Waals surface area (Å²) in [5.41, 5.74) is 0.987. The quantitative estimate of drug-likeness (QED) is 0.908. The molecule has 1 fully saturated rings. The Balaban J connectivity index is 1.95. The average Bonchev–Trinajstić information content (AvgIpc) is 2.48. The molecular weight excluding hydrogens is 274 g/mol. The summed E-state index contributed by atoms with van der Waals surface area (Å²) < 4.78 is 28.8. The second-order valence-corrected chi connectivity index (χ2v) is 7.56. The Morgan fingerprint density at radius 1 is 1.15 bits per heavy atom. The summed E-state index contributed by atoms with van der Waals surface area (Å²) in [5.74, 6) is 0.140. The minimum atomic E-state index is -3.10. The summed E-state index contributed by atoms with van der Waals surface area (Å²) in [6, 6.07) is 7.52. The maximum atomic E-state index is 11.7. The second-order valence-electron chi connectivity index (χ2n) is 5.28. The largest absolute Gasteiger partial charge is 0.382 e. The highest BCUT2D eigenvalue weighted by molar-refractivity contribution is 7.91. The number of ether oxygens (including phenoxy) is 1. The lowest BCUT2D eigenvalue weighted by molar-refractivity contribution is 0.0682. The highest BCUT2D eigenvalue weighted by Gasteiger charge is 2.20. The summed E-state index contributed by atoms with van der Waals surface area (Å²) in [6.07, 6.45) is 4.73. The van der Waals surface area contributed by atoms with Crippen LogP contribution in [0.3, 0.4) is 0 Å².